The lowest BCUT2D eigenvalue weighted by Gasteiger charge is -2.34. The zero-order valence-corrected chi connectivity index (χ0v) is 15.5. The van der Waals surface area contributed by atoms with Crippen LogP contribution in [0.4, 0.5) is 0 Å². The molecule has 0 radical (unpaired) electrons. The molecule has 134 valence electrons. The van der Waals surface area contributed by atoms with E-state index in [4.69, 9.17) is 0 Å². The van der Waals surface area contributed by atoms with Crippen molar-refractivity contribution in [3.05, 3.63) is 35.4 Å². The predicted octanol–water partition coefficient (Wildman–Crippen LogP) is 2.29. The molecule has 1 unspecified atom stereocenters. The quantitative estimate of drug-likeness (QED) is 0.856. The van der Waals surface area contributed by atoms with E-state index in [0.29, 0.717) is 6.04 Å². The second-order valence-electron chi connectivity index (χ2n) is 6.96. The monoisotopic (exact) mass is 371 g/mol. The van der Waals surface area contributed by atoms with Gasteiger partial charge in [-0.2, -0.15) is 0 Å². The Morgan fingerprint density at radius 1 is 1.04 bits per heavy atom. The summed E-state index contributed by atoms with van der Waals surface area (Å²) in [6.07, 6.45) is 5.77. The van der Waals surface area contributed by atoms with E-state index in [1.807, 2.05) is 0 Å². The van der Waals surface area contributed by atoms with E-state index in [9.17, 15) is 4.79 Å². The summed E-state index contributed by atoms with van der Waals surface area (Å²) >= 11 is 0. The lowest BCUT2D eigenvalue weighted by molar-refractivity contribution is -0.124. The fourth-order valence-corrected chi connectivity index (χ4v) is 3.79. The molecule has 2 heterocycles. The number of benzene rings is 1. The largest absolute Gasteiger partial charge is 0.352 e. The number of nitrogens with one attached hydrogen (secondary N) is 2. The third kappa shape index (κ3) is 4.42. The smallest absolute Gasteiger partial charge is 0.237 e. The van der Waals surface area contributed by atoms with Crippen molar-refractivity contribution in [2.45, 2.75) is 56.8 Å². The van der Waals surface area contributed by atoms with Gasteiger partial charge in [-0.25, -0.2) is 0 Å². The molecule has 24 heavy (non-hydrogen) atoms. The van der Waals surface area contributed by atoms with Crippen molar-refractivity contribution in [3.8, 4) is 0 Å². The fourth-order valence-electron chi connectivity index (χ4n) is 3.79. The summed E-state index contributed by atoms with van der Waals surface area (Å²) in [5, 5.41) is 6.65. The van der Waals surface area contributed by atoms with E-state index in [-0.39, 0.29) is 36.8 Å². The van der Waals surface area contributed by atoms with Gasteiger partial charge in [-0.1, -0.05) is 24.3 Å². The minimum Gasteiger partial charge on any atom is -0.352 e. The van der Waals surface area contributed by atoms with Crippen LogP contribution in [0.2, 0.25) is 0 Å². The molecule has 4 nitrogen and oxygen atoms in total. The van der Waals surface area contributed by atoms with Gasteiger partial charge in [-0.05, 0) is 43.2 Å². The fraction of sp³-hybridized carbons (Fsp3) is 0.611. The molecule has 6 heteroatoms. The van der Waals surface area contributed by atoms with Crippen molar-refractivity contribution in [1.82, 2.24) is 15.5 Å². The van der Waals surface area contributed by atoms with Crippen molar-refractivity contribution in [3.63, 3.8) is 0 Å². The zero-order valence-electron chi connectivity index (χ0n) is 13.9. The molecule has 2 N–H and O–H groups in total. The third-order valence-electron chi connectivity index (χ3n) is 5.34. The number of hydrogen-bond donors (Lipinski definition) is 2. The summed E-state index contributed by atoms with van der Waals surface area (Å²) in [5.74, 6) is 0.180. The average molecular weight is 372 g/mol. The van der Waals surface area contributed by atoms with Gasteiger partial charge in [-0.3, -0.25) is 4.79 Å². The summed E-state index contributed by atoms with van der Waals surface area (Å²) in [6, 6.07) is 9.56. The summed E-state index contributed by atoms with van der Waals surface area (Å²) in [7, 11) is 0. The van der Waals surface area contributed by atoms with Gasteiger partial charge in [0.05, 0.1) is 6.04 Å². The second kappa shape index (κ2) is 8.52. The number of likely N-dealkylation sites (tertiary alicyclic amines) is 1. The Morgan fingerprint density at radius 3 is 2.38 bits per heavy atom. The van der Waals surface area contributed by atoms with Gasteiger partial charge in [0.25, 0.3) is 0 Å². The van der Waals surface area contributed by atoms with Gasteiger partial charge >= 0.3 is 0 Å². The average Bonchev–Trinajstić information content (AvgIpc) is 3.40. The highest BCUT2D eigenvalue weighted by molar-refractivity contribution is 5.85. The lowest BCUT2D eigenvalue weighted by atomic mass is 9.95. The Labute approximate surface area is 156 Å². The first-order valence-electron chi connectivity index (χ1n) is 8.64. The number of halogens is 2. The van der Waals surface area contributed by atoms with Gasteiger partial charge in [0.15, 0.2) is 0 Å². The lowest BCUT2D eigenvalue weighted by Crippen LogP contribution is -2.52. The van der Waals surface area contributed by atoms with Crippen LogP contribution in [0.15, 0.2) is 24.3 Å². The van der Waals surface area contributed by atoms with E-state index in [0.717, 1.165) is 44.9 Å². The van der Waals surface area contributed by atoms with E-state index in [2.05, 4.69) is 39.8 Å². The first kappa shape index (κ1) is 19.5. The topological polar surface area (TPSA) is 44.4 Å². The number of amides is 1. The molecule has 1 saturated carbocycles. The van der Waals surface area contributed by atoms with Crippen molar-refractivity contribution >= 4 is 30.7 Å². The molecule has 0 aromatic heterocycles. The number of hydrogen-bond acceptors (Lipinski definition) is 3. The highest BCUT2D eigenvalue weighted by atomic mass is 35.5. The zero-order chi connectivity index (χ0) is 14.9. The Hall–Kier alpha value is -0.810. The van der Waals surface area contributed by atoms with Crippen LogP contribution in [-0.4, -0.2) is 42.0 Å². The Balaban J connectivity index is 0.00000104. The third-order valence-corrected chi connectivity index (χ3v) is 5.34. The summed E-state index contributed by atoms with van der Waals surface area (Å²) in [4.78, 5) is 15.1. The van der Waals surface area contributed by atoms with Gasteiger partial charge in [-0.15, -0.1) is 24.8 Å². The van der Waals surface area contributed by atoms with E-state index in [1.54, 1.807) is 0 Å². The van der Waals surface area contributed by atoms with Crippen LogP contribution in [-0.2, 0) is 17.8 Å². The van der Waals surface area contributed by atoms with Crippen molar-refractivity contribution in [1.29, 1.82) is 0 Å². The molecule has 1 atom stereocenters. The first-order valence-corrected chi connectivity index (χ1v) is 8.64. The number of fused-ring (bicyclic) bond motifs is 1. The SMILES string of the molecule is Cl.Cl.O=C(NC1CCN(C2CC2)CC1)C1Cc2ccccc2CN1. The van der Waals surface area contributed by atoms with Crippen LogP contribution < -0.4 is 10.6 Å². The van der Waals surface area contributed by atoms with Gasteiger partial charge in [0, 0.05) is 31.7 Å². The van der Waals surface area contributed by atoms with E-state index < -0.39 is 0 Å². The predicted molar refractivity (Wildman–Crippen MR) is 101 cm³/mol. The minimum atomic E-state index is -0.0728. The summed E-state index contributed by atoms with van der Waals surface area (Å²) in [5.41, 5.74) is 2.63. The van der Waals surface area contributed by atoms with Crippen LogP contribution in [0.25, 0.3) is 0 Å². The molecule has 1 aliphatic carbocycles. The van der Waals surface area contributed by atoms with Crippen LogP contribution in [0, 0.1) is 0 Å². The van der Waals surface area contributed by atoms with Gasteiger partial charge < -0.3 is 15.5 Å². The number of carbonyl (C=O) groups excluding carboxylic acids is 1. The molecule has 3 aliphatic rings. The number of piperidine rings is 1. The van der Waals surface area contributed by atoms with Gasteiger partial charge in [0.2, 0.25) is 5.91 Å². The van der Waals surface area contributed by atoms with Crippen LogP contribution >= 0.6 is 24.8 Å². The van der Waals surface area contributed by atoms with Crippen LogP contribution in [0.3, 0.4) is 0 Å². The maximum absolute atomic E-state index is 12.5. The molecular formula is C18H27Cl2N3O. The Morgan fingerprint density at radius 2 is 1.71 bits per heavy atom. The molecule has 1 aromatic rings. The van der Waals surface area contributed by atoms with E-state index >= 15 is 0 Å². The number of rotatable bonds is 3. The molecule has 1 aromatic carbocycles. The molecule has 2 aliphatic heterocycles. The summed E-state index contributed by atoms with van der Waals surface area (Å²) < 4.78 is 0. The van der Waals surface area contributed by atoms with Gasteiger partial charge in [0.1, 0.15) is 0 Å². The molecule has 1 amide bonds. The molecule has 1 saturated heterocycles. The van der Waals surface area contributed by atoms with Crippen LogP contribution in [0.5, 0.6) is 0 Å². The maximum atomic E-state index is 12.5. The Bertz CT molecular complexity index is 557. The van der Waals surface area contributed by atoms with E-state index in [1.165, 1.54) is 24.0 Å². The molecular weight excluding hydrogens is 345 g/mol. The van der Waals surface area contributed by atoms with Crippen molar-refractivity contribution in [2.24, 2.45) is 0 Å². The minimum absolute atomic E-state index is 0. The highest BCUT2D eigenvalue weighted by Crippen LogP contribution is 2.29. The summed E-state index contributed by atoms with van der Waals surface area (Å²) in [6.45, 7) is 3.10. The number of nitrogens with zero attached hydrogens (tertiary/aromatic N) is 1. The van der Waals surface area contributed by atoms with Crippen molar-refractivity contribution < 1.29 is 4.79 Å². The molecule has 0 spiro atoms. The Kier molecular flexibility index (Phi) is 6.93. The normalized spacial score (nSPS) is 24.2. The molecule has 2 fully saturated rings. The maximum Gasteiger partial charge on any atom is 0.237 e. The molecule has 0 bridgehead atoms. The number of carbonyl (C=O) groups is 1. The highest BCUT2D eigenvalue weighted by Gasteiger charge is 2.33. The standard InChI is InChI=1S/C18H25N3O.2ClH/c22-18(17-11-13-3-1-2-4-14(13)12-19-17)20-15-7-9-21(10-8-15)16-5-6-16;;/h1-4,15-17,19H,5-12H2,(H,20,22);2*1H. The van der Waals surface area contributed by atoms with Crippen LogP contribution in [0.1, 0.15) is 36.8 Å². The van der Waals surface area contributed by atoms with Crippen molar-refractivity contribution in [2.75, 3.05) is 13.1 Å². The molecule has 4 rings (SSSR count). The first-order chi connectivity index (χ1) is 10.8. The second-order valence-corrected chi connectivity index (χ2v) is 6.96.